The highest BCUT2D eigenvalue weighted by atomic mass is 16.3. The molecule has 3 nitrogen and oxygen atoms in total. The summed E-state index contributed by atoms with van der Waals surface area (Å²) in [7, 11) is 0. The van der Waals surface area contributed by atoms with Crippen LogP contribution in [0.3, 0.4) is 0 Å². The molecular weight excluding hydrogens is 142 g/mol. The fourth-order valence-electron chi connectivity index (χ4n) is 0.732. The molecule has 11 heavy (non-hydrogen) atoms. The molecule has 0 rings (SSSR count). The molecule has 0 aromatic heterocycles. The van der Waals surface area contributed by atoms with E-state index < -0.39 is 5.60 Å². The number of aliphatic hydroxyl groups excluding tert-OH is 1. The summed E-state index contributed by atoms with van der Waals surface area (Å²) in [6, 6.07) is 0.112. The Hall–Kier alpha value is -0.120. The quantitative estimate of drug-likeness (QED) is 0.537. The minimum atomic E-state index is -0.692. The lowest BCUT2D eigenvalue weighted by atomic mass is 10.1. The van der Waals surface area contributed by atoms with Gasteiger partial charge in [-0.15, -0.1) is 0 Å². The highest BCUT2D eigenvalue weighted by molar-refractivity contribution is 4.72. The Kier molecular flexibility index (Phi) is 4.65. The van der Waals surface area contributed by atoms with E-state index >= 15 is 0 Å². The maximum atomic E-state index is 9.31. The van der Waals surface area contributed by atoms with E-state index in [-0.39, 0.29) is 12.6 Å². The van der Waals surface area contributed by atoms with Crippen LogP contribution in [0.25, 0.3) is 0 Å². The molecule has 68 valence electrons. The van der Waals surface area contributed by atoms with E-state index in [9.17, 15) is 5.11 Å². The van der Waals surface area contributed by atoms with Crippen molar-refractivity contribution >= 4 is 0 Å². The van der Waals surface area contributed by atoms with Crippen LogP contribution in [0.1, 0.15) is 27.2 Å². The third kappa shape index (κ3) is 6.28. The van der Waals surface area contributed by atoms with Crippen LogP contribution >= 0.6 is 0 Å². The summed E-state index contributed by atoms with van der Waals surface area (Å²) in [5.41, 5.74) is -0.692. The van der Waals surface area contributed by atoms with Gasteiger partial charge in [-0.3, -0.25) is 0 Å². The first-order chi connectivity index (χ1) is 4.99. The average molecular weight is 161 g/mol. The topological polar surface area (TPSA) is 52.5 Å². The van der Waals surface area contributed by atoms with Gasteiger partial charge in [0.1, 0.15) is 0 Å². The fraction of sp³-hybridized carbons (Fsp3) is 1.00. The molecule has 1 unspecified atom stereocenters. The summed E-state index contributed by atoms with van der Waals surface area (Å²) in [4.78, 5) is 0. The molecule has 0 radical (unpaired) electrons. The first-order valence-corrected chi connectivity index (χ1v) is 4.06. The highest BCUT2D eigenvalue weighted by Crippen LogP contribution is 1.99. The summed E-state index contributed by atoms with van der Waals surface area (Å²) in [5, 5.41) is 21.2. The van der Waals surface area contributed by atoms with Crippen LogP contribution < -0.4 is 5.32 Å². The third-order valence-corrected chi connectivity index (χ3v) is 1.54. The first kappa shape index (κ1) is 10.9. The van der Waals surface area contributed by atoms with E-state index in [1.807, 2.05) is 6.92 Å². The minimum Gasteiger partial charge on any atom is -0.395 e. The molecule has 0 aliphatic heterocycles. The van der Waals surface area contributed by atoms with Crippen LogP contribution in [0.15, 0.2) is 0 Å². The van der Waals surface area contributed by atoms with Gasteiger partial charge in [0.2, 0.25) is 0 Å². The normalized spacial score (nSPS) is 15.0. The Morgan fingerprint density at radius 3 is 2.27 bits per heavy atom. The molecule has 0 aliphatic carbocycles. The van der Waals surface area contributed by atoms with Crippen LogP contribution in [-0.4, -0.2) is 35.0 Å². The van der Waals surface area contributed by atoms with Gasteiger partial charge in [0.05, 0.1) is 12.2 Å². The summed E-state index contributed by atoms with van der Waals surface area (Å²) >= 11 is 0. The van der Waals surface area contributed by atoms with E-state index in [0.29, 0.717) is 6.54 Å². The Labute approximate surface area is 68.4 Å². The lowest BCUT2D eigenvalue weighted by Crippen LogP contribution is -2.41. The van der Waals surface area contributed by atoms with Gasteiger partial charge in [-0.2, -0.15) is 0 Å². The second kappa shape index (κ2) is 4.70. The zero-order valence-electron chi connectivity index (χ0n) is 7.59. The van der Waals surface area contributed by atoms with Gasteiger partial charge >= 0.3 is 0 Å². The lowest BCUT2D eigenvalue weighted by Gasteiger charge is -2.21. The van der Waals surface area contributed by atoms with Gasteiger partial charge in [-0.1, -0.05) is 6.92 Å². The van der Waals surface area contributed by atoms with Gasteiger partial charge < -0.3 is 15.5 Å². The molecule has 1 atom stereocenters. The molecule has 0 aliphatic rings. The molecule has 0 saturated carbocycles. The number of hydrogen-bond donors (Lipinski definition) is 3. The highest BCUT2D eigenvalue weighted by Gasteiger charge is 2.13. The van der Waals surface area contributed by atoms with Crippen LogP contribution in [0.4, 0.5) is 0 Å². The van der Waals surface area contributed by atoms with E-state index in [4.69, 9.17) is 5.11 Å². The van der Waals surface area contributed by atoms with Crippen molar-refractivity contribution in [1.82, 2.24) is 5.32 Å². The first-order valence-electron chi connectivity index (χ1n) is 4.06. The van der Waals surface area contributed by atoms with Crippen molar-refractivity contribution in [3.05, 3.63) is 0 Å². The van der Waals surface area contributed by atoms with Gasteiger partial charge in [0.15, 0.2) is 0 Å². The zero-order valence-corrected chi connectivity index (χ0v) is 7.59. The molecular formula is C8H19NO2. The smallest absolute Gasteiger partial charge is 0.0715 e. The van der Waals surface area contributed by atoms with Gasteiger partial charge in [-0.05, 0) is 20.3 Å². The second-order valence-corrected chi connectivity index (χ2v) is 3.48. The maximum Gasteiger partial charge on any atom is 0.0715 e. The van der Waals surface area contributed by atoms with Crippen molar-refractivity contribution in [3.63, 3.8) is 0 Å². The summed E-state index contributed by atoms with van der Waals surface area (Å²) < 4.78 is 0. The van der Waals surface area contributed by atoms with Crippen molar-refractivity contribution in [2.24, 2.45) is 0 Å². The van der Waals surface area contributed by atoms with Crippen molar-refractivity contribution < 1.29 is 10.2 Å². The number of aliphatic hydroxyl groups is 2. The monoisotopic (exact) mass is 161 g/mol. The van der Waals surface area contributed by atoms with Crippen LogP contribution in [0, 0.1) is 0 Å². The summed E-state index contributed by atoms with van der Waals surface area (Å²) in [5.74, 6) is 0. The fourth-order valence-corrected chi connectivity index (χ4v) is 0.732. The molecule has 0 saturated heterocycles. The molecule has 3 N–H and O–H groups in total. The molecule has 0 aromatic carbocycles. The molecule has 0 amide bonds. The Morgan fingerprint density at radius 1 is 1.45 bits per heavy atom. The van der Waals surface area contributed by atoms with Crippen molar-refractivity contribution in [2.75, 3.05) is 13.2 Å². The number of hydrogen-bond acceptors (Lipinski definition) is 3. The molecule has 3 heteroatoms. The zero-order chi connectivity index (χ0) is 8.91. The van der Waals surface area contributed by atoms with Gasteiger partial charge in [0, 0.05) is 12.6 Å². The molecule has 0 aromatic rings. The molecule has 0 fully saturated rings. The van der Waals surface area contributed by atoms with E-state index in [2.05, 4.69) is 5.32 Å². The summed E-state index contributed by atoms with van der Waals surface area (Å²) in [6.07, 6.45) is 0.882. The van der Waals surface area contributed by atoms with Crippen molar-refractivity contribution in [1.29, 1.82) is 0 Å². The standard InChI is InChI=1S/C8H19NO2/c1-4-7(5-10)9-6-8(2,3)11/h7,9-11H,4-6H2,1-3H3. The van der Waals surface area contributed by atoms with Crippen LogP contribution in [0.2, 0.25) is 0 Å². The largest absolute Gasteiger partial charge is 0.395 e. The minimum absolute atomic E-state index is 0.112. The Bertz CT molecular complexity index is 94.8. The third-order valence-electron chi connectivity index (χ3n) is 1.54. The lowest BCUT2D eigenvalue weighted by molar-refractivity contribution is 0.0726. The maximum absolute atomic E-state index is 9.31. The van der Waals surface area contributed by atoms with E-state index in [1.165, 1.54) is 0 Å². The van der Waals surface area contributed by atoms with E-state index in [1.54, 1.807) is 13.8 Å². The van der Waals surface area contributed by atoms with E-state index in [0.717, 1.165) is 6.42 Å². The molecule has 0 spiro atoms. The van der Waals surface area contributed by atoms with Crippen LogP contribution in [-0.2, 0) is 0 Å². The van der Waals surface area contributed by atoms with Crippen LogP contribution in [0.5, 0.6) is 0 Å². The Morgan fingerprint density at radius 2 is 2.00 bits per heavy atom. The summed E-state index contributed by atoms with van der Waals surface area (Å²) in [6.45, 7) is 6.13. The molecule has 0 heterocycles. The number of nitrogens with one attached hydrogen (secondary N) is 1. The number of rotatable bonds is 5. The van der Waals surface area contributed by atoms with Gasteiger partial charge in [0.25, 0.3) is 0 Å². The van der Waals surface area contributed by atoms with Crippen molar-refractivity contribution in [2.45, 2.75) is 38.8 Å². The molecule has 0 bridgehead atoms. The average Bonchev–Trinajstić information content (AvgIpc) is 1.88. The predicted molar refractivity (Wildman–Crippen MR) is 45.5 cm³/mol. The van der Waals surface area contributed by atoms with Gasteiger partial charge in [-0.25, -0.2) is 0 Å². The predicted octanol–water partition coefficient (Wildman–Crippen LogP) is 0.118. The Balaban J connectivity index is 3.51. The second-order valence-electron chi connectivity index (χ2n) is 3.48. The van der Waals surface area contributed by atoms with Crippen molar-refractivity contribution in [3.8, 4) is 0 Å². The SMILES string of the molecule is CCC(CO)NCC(C)(C)O.